The Kier molecular flexibility index (Phi) is 6.25. The minimum absolute atomic E-state index is 0.115. The van der Waals surface area contributed by atoms with E-state index in [1.54, 1.807) is 17.0 Å². The van der Waals surface area contributed by atoms with E-state index < -0.39 is 6.36 Å². The molecular formula is C22H22F3N3O3S. The second kappa shape index (κ2) is 8.95. The smallest absolute Gasteiger partial charge is 0.406 e. The van der Waals surface area contributed by atoms with E-state index in [4.69, 9.17) is 4.74 Å². The Bertz CT molecular complexity index is 1090. The van der Waals surface area contributed by atoms with E-state index in [0.717, 1.165) is 29.9 Å². The molecule has 1 unspecified atom stereocenters. The van der Waals surface area contributed by atoms with Crippen LogP contribution in [0.3, 0.4) is 0 Å². The SMILES string of the molecule is CN(C)c1ccc(C(=O)N(CC2CCCO2)c2nc3ccc(OC(F)(F)F)cc3s2)cc1. The summed E-state index contributed by atoms with van der Waals surface area (Å²) in [5, 5.41) is 0.404. The molecule has 6 nitrogen and oxygen atoms in total. The molecule has 1 aromatic heterocycles. The number of rotatable bonds is 6. The number of alkyl halides is 3. The van der Waals surface area contributed by atoms with Gasteiger partial charge in [-0.1, -0.05) is 11.3 Å². The van der Waals surface area contributed by atoms with Crippen LogP contribution in [0.2, 0.25) is 0 Å². The Hall–Kier alpha value is -2.85. The van der Waals surface area contributed by atoms with Gasteiger partial charge in [0.05, 0.1) is 22.9 Å². The number of carbonyl (C=O) groups is 1. The van der Waals surface area contributed by atoms with Gasteiger partial charge < -0.3 is 14.4 Å². The first-order valence-corrected chi connectivity index (χ1v) is 10.9. The zero-order chi connectivity index (χ0) is 22.9. The highest BCUT2D eigenvalue weighted by Gasteiger charge is 2.31. The fourth-order valence-corrected chi connectivity index (χ4v) is 4.50. The summed E-state index contributed by atoms with van der Waals surface area (Å²) >= 11 is 1.14. The fraction of sp³-hybridized carbons (Fsp3) is 0.364. The number of carbonyl (C=O) groups excluding carboxylic acids is 1. The lowest BCUT2D eigenvalue weighted by Gasteiger charge is -2.23. The van der Waals surface area contributed by atoms with Crippen molar-refractivity contribution in [2.24, 2.45) is 0 Å². The van der Waals surface area contributed by atoms with E-state index in [2.05, 4.69) is 9.72 Å². The van der Waals surface area contributed by atoms with Crippen LogP contribution in [0.1, 0.15) is 23.2 Å². The molecule has 2 aromatic carbocycles. The van der Waals surface area contributed by atoms with Crippen molar-refractivity contribution in [1.82, 2.24) is 4.98 Å². The summed E-state index contributed by atoms with van der Waals surface area (Å²) in [5.74, 6) is -0.562. The first-order chi connectivity index (χ1) is 15.2. The Morgan fingerprint density at radius 3 is 2.59 bits per heavy atom. The summed E-state index contributed by atoms with van der Waals surface area (Å²) in [5.41, 5.74) is 1.95. The van der Waals surface area contributed by atoms with E-state index in [-0.39, 0.29) is 17.8 Å². The largest absolute Gasteiger partial charge is 0.573 e. The van der Waals surface area contributed by atoms with Crippen molar-refractivity contribution in [3.8, 4) is 5.75 Å². The van der Waals surface area contributed by atoms with Gasteiger partial charge in [0.2, 0.25) is 0 Å². The molecule has 0 bridgehead atoms. The fourth-order valence-electron chi connectivity index (χ4n) is 3.50. The minimum atomic E-state index is -4.78. The van der Waals surface area contributed by atoms with Crippen LogP contribution in [0.25, 0.3) is 10.2 Å². The molecule has 1 saturated heterocycles. The predicted molar refractivity (Wildman–Crippen MR) is 118 cm³/mol. The molecule has 1 fully saturated rings. The number of benzene rings is 2. The van der Waals surface area contributed by atoms with Gasteiger partial charge in [0.15, 0.2) is 5.13 Å². The van der Waals surface area contributed by atoms with Gasteiger partial charge in [-0.15, -0.1) is 13.2 Å². The summed E-state index contributed by atoms with van der Waals surface area (Å²) in [4.78, 5) is 21.4. The lowest BCUT2D eigenvalue weighted by atomic mass is 10.1. The zero-order valence-corrected chi connectivity index (χ0v) is 18.4. The van der Waals surface area contributed by atoms with E-state index >= 15 is 0 Å². The summed E-state index contributed by atoms with van der Waals surface area (Å²) in [6, 6.07) is 11.2. The van der Waals surface area contributed by atoms with E-state index in [1.807, 2.05) is 31.1 Å². The van der Waals surface area contributed by atoms with Crippen LogP contribution in [-0.4, -0.2) is 50.6 Å². The minimum Gasteiger partial charge on any atom is -0.406 e. The first kappa shape index (κ1) is 22.3. The number of thiazole rings is 1. The molecule has 32 heavy (non-hydrogen) atoms. The third kappa shape index (κ3) is 5.13. The Morgan fingerprint density at radius 1 is 1.22 bits per heavy atom. The van der Waals surface area contributed by atoms with Gasteiger partial charge in [0.25, 0.3) is 5.91 Å². The van der Waals surface area contributed by atoms with Gasteiger partial charge >= 0.3 is 6.36 Å². The third-order valence-corrected chi connectivity index (χ3v) is 6.14. The standard InChI is InChI=1S/C22H22F3N3O3S/c1-27(2)15-7-5-14(6-8-15)20(29)28(13-17-4-3-11-30-17)21-26-18-10-9-16(12-19(18)32-21)31-22(23,24)25/h5-10,12,17H,3-4,11,13H2,1-2H3. The van der Waals surface area contributed by atoms with Crippen molar-refractivity contribution in [1.29, 1.82) is 0 Å². The van der Waals surface area contributed by atoms with Gasteiger partial charge in [-0.05, 0) is 49.2 Å². The van der Waals surface area contributed by atoms with Crippen molar-refractivity contribution in [3.63, 3.8) is 0 Å². The Labute approximate surface area is 187 Å². The van der Waals surface area contributed by atoms with Gasteiger partial charge in [-0.25, -0.2) is 4.98 Å². The normalized spacial score (nSPS) is 16.3. The van der Waals surface area contributed by atoms with Gasteiger partial charge in [0, 0.05) is 38.0 Å². The van der Waals surface area contributed by atoms with Crippen LogP contribution in [0.4, 0.5) is 24.0 Å². The van der Waals surface area contributed by atoms with E-state index in [9.17, 15) is 18.0 Å². The maximum Gasteiger partial charge on any atom is 0.573 e. The molecule has 1 aliphatic rings. The van der Waals surface area contributed by atoms with Crippen LogP contribution in [0.5, 0.6) is 5.75 Å². The molecule has 2 heterocycles. The molecule has 10 heteroatoms. The van der Waals surface area contributed by atoms with Crippen LogP contribution < -0.4 is 14.5 Å². The van der Waals surface area contributed by atoms with Crippen molar-refractivity contribution in [3.05, 3.63) is 48.0 Å². The van der Waals surface area contributed by atoms with Crippen molar-refractivity contribution >= 4 is 38.3 Å². The molecule has 0 N–H and O–H groups in total. The number of anilines is 2. The lowest BCUT2D eigenvalue weighted by molar-refractivity contribution is -0.274. The summed E-state index contributed by atoms with van der Waals surface area (Å²) in [6.07, 6.45) is -3.14. The lowest BCUT2D eigenvalue weighted by Crippen LogP contribution is -2.37. The number of aromatic nitrogens is 1. The molecule has 170 valence electrons. The molecule has 0 aliphatic carbocycles. The van der Waals surface area contributed by atoms with Gasteiger partial charge in [-0.2, -0.15) is 0 Å². The number of nitrogens with zero attached hydrogens (tertiary/aromatic N) is 3. The summed E-state index contributed by atoms with van der Waals surface area (Å²) < 4.78 is 47.9. The summed E-state index contributed by atoms with van der Waals surface area (Å²) in [7, 11) is 3.83. The van der Waals surface area contributed by atoms with E-state index in [1.165, 1.54) is 18.2 Å². The van der Waals surface area contributed by atoms with Crippen LogP contribution >= 0.6 is 11.3 Å². The highest BCUT2D eigenvalue weighted by Crippen LogP contribution is 2.34. The number of amides is 1. The second-order valence-corrected chi connectivity index (χ2v) is 8.67. The maximum absolute atomic E-state index is 13.4. The molecular weight excluding hydrogens is 443 g/mol. The van der Waals surface area contributed by atoms with Crippen LogP contribution in [0.15, 0.2) is 42.5 Å². The van der Waals surface area contributed by atoms with Gasteiger partial charge in [-0.3, -0.25) is 9.69 Å². The van der Waals surface area contributed by atoms with Crippen LogP contribution in [0, 0.1) is 0 Å². The highest BCUT2D eigenvalue weighted by molar-refractivity contribution is 7.22. The molecule has 1 aliphatic heterocycles. The van der Waals surface area contributed by atoms with Crippen LogP contribution in [-0.2, 0) is 4.74 Å². The molecule has 0 spiro atoms. The molecule has 0 saturated carbocycles. The Morgan fingerprint density at radius 2 is 1.97 bits per heavy atom. The maximum atomic E-state index is 13.4. The van der Waals surface area contributed by atoms with Crippen molar-refractivity contribution in [2.75, 3.05) is 37.0 Å². The van der Waals surface area contributed by atoms with Crippen molar-refractivity contribution in [2.45, 2.75) is 25.3 Å². The highest BCUT2D eigenvalue weighted by atomic mass is 32.1. The topological polar surface area (TPSA) is 54.9 Å². The van der Waals surface area contributed by atoms with E-state index in [0.29, 0.717) is 34.1 Å². The van der Waals surface area contributed by atoms with Gasteiger partial charge in [0.1, 0.15) is 5.75 Å². The molecule has 1 atom stereocenters. The predicted octanol–water partition coefficient (Wildman–Crippen LogP) is 5.09. The molecule has 3 aromatic rings. The average Bonchev–Trinajstić information content (AvgIpc) is 3.39. The number of halogens is 3. The number of ether oxygens (including phenoxy) is 2. The molecule has 4 rings (SSSR count). The zero-order valence-electron chi connectivity index (χ0n) is 17.6. The third-order valence-electron chi connectivity index (χ3n) is 5.10. The number of hydrogen-bond acceptors (Lipinski definition) is 6. The number of hydrogen-bond donors (Lipinski definition) is 0. The summed E-state index contributed by atoms with van der Waals surface area (Å²) in [6.45, 7) is 0.961. The first-order valence-electron chi connectivity index (χ1n) is 10.1. The van der Waals surface area contributed by atoms with Crippen molar-refractivity contribution < 1.29 is 27.4 Å². The molecule has 0 radical (unpaired) electrons. The number of fused-ring (bicyclic) bond motifs is 1. The monoisotopic (exact) mass is 465 g/mol. The quantitative estimate of drug-likeness (QED) is 0.508. The second-order valence-electron chi connectivity index (χ2n) is 7.67. The average molecular weight is 465 g/mol. The Balaban J connectivity index is 1.66. The molecule has 1 amide bonds.